The number of aromatic amines is 1. The fourth-order valence-corrected chi connectivity index (χ4v) is 5.72. The van der Waals surface area contributed by atoms with E-state index in [0.717, 1.165) is 29.5 Å². The third-order valence-corrected chi connectivity index (χ3v) is 7.28. The molecule has 30 heavy (non-hydrogen) atoms. The van der Waals surface area contributed by atoms with Gasteiger partial charge in [-0.05, 0) is 45.1 Å². The molecule has 1 aliphatic carbocycles. The zero-order valence-electron chi connectivity index (χ0n) is 17.3. The Morgan fingerprint density at radius 1 is 1.30 bits per heavy atom. The summed E-state index contributed by atoms with van der Waals surface area (Å²) in [5.41, 5.74) is 0.463. The summed E-state index contributed by atoms with van der Waals surface area (Å²) < 4.78 is 5.00. The highest BCUT2D eigenvalue weighted by molar-refractivity contribution is 7.98. The van der Waals surface area contributed by atoms with Gasteiger partial charge in [-0.3, -0.25) is 9.59 Å². The van der Waals surface area contributed by atoms with Gasteiger partial charge in [0.1, 0.15) is 10.7 Å². The van der Waals surface area contributed by atoms with Crippen LogP contribution in [0, 0.1) is 6.92 Å². The van der Waals surface area contributed by atoms with Crippen molar-refractivity contribution in [1.82, 2.24) is 25.4 Å². The van der Waals surface area contributed by atoms with E-state index in [1.54, 1.807) is 30.0 Å². The summed E-state index contributed by atoms with van der Waals surface area (Å²) in [4.78, 5) is 38.8. The van der Waals surface area contributed by atoms with Crippen LogP contribution in [-0.4, -0.2) is 31.8 Å². The standard InChI is InChI=1S/C20H25N5O3S2/c1-11-21-19(25-28-11)20(2,3)24-15(26)8-9-29-10-14-22-17(27)16-12-6-4-5-7-13(12)30-18(16)23-14/h4-10H2,1-3H3,(H,24,26)(H,22,23,27). The topological polar surface area (TPSA) is 114 Å². The van der Waals surface area contributed by atoms with Crippen LogP contribution < -0.4 is 10.9 Å². The zero-order chi connectivity index (χ0) is 21.3. The molecule has 160 valence electrons. The number of carbonyl (C=O) groups is 1. The third kappa shape index (κ3) is 4.44. The lowest BCUT2D eigenvalue weighted by Crippen LogP contribution is -2.42. The average molecular weight is 448 g/mol. The van der Waals surface area contributed by atoms with Crippen molar-refractivity contribution in [3.63, 3.8) is 0 Å². The summed E-state index contributed by atoms with van der Waals surface area (Å²) in [7, 11) is 0. The highest BCUT2D eigenvalue weighted by atomic mass is 32.2. The minimum Gasteiger partial charge on any atom is -0.344 e. The molecule has 0 radical (unpaired) electrons. The largest absolute Gasteiger partial charge is 0.344 e. The van der Waals surface area contributed by atoms with Crippen LogP contribution in [0.4, 0.5) is 0 Å². The number of rotatable bonds is 7. The molecule has 0 spiro atoms. The number of carbonyl (C=O) groups excluding carboxylic acids is 1. The number of nitrogens with one attached hydrogen (secondary N) is 2. The highest BCUT2D eigenvalue weighted by Crippen LogP contribution is 2.33. The molecule has 10 heteroatoms. The van der Waals surface area contributed by atoms with Crippen LogP contribution >= 0.6 is 23.1 Å². The second-order valence-electron chi connectivity index (χ2n) is 8.02. The lowest BCUT2D eigenvalue weighted by Gasteiger charge is -2.22. The van der Waals surface area contributed by atoms with Gasteiger partial charge in [0.15, 0.2) is 5.82 Å². The molecular weight excluding hydrogens is 422 g/mol. The van der Waals surface area contributed by atoms with E-state index < -0.39 is 5.54 Å². The van der Waals surface area contributed by atoms with E-state index in [9.17, 15) is 9.59 Å². The number of hydrogen-bond acceptors (Lipinski definition) is 8. The molecule has 0 saturated heterocycles. The monoisotopic (exact) mass is 447 g/mol. The number of aromatic nitrogens is 4. The maximum absolute atomic E-state index is 12.6. The van der Waals surface area contributed by atoms with Crippen molar-refractivity contribution in [3.8, 4) is 0 Å². The number of fused-ring (bicyclic) bond motifs is 3. The molecule has 2 N–H and O–H groups in total. The van der Waals surface area contributed by atoms with Gasteiger partial charge in [0.2, 0.25) is 11.8 Å². The van der Waals surface area contributed by atoms with Crippen LogP contribution in [0.1, 0.15) is 61.1 Å². The summed E-state index contributed by atoms with van der Waals surface area (Å²) in [6.07, 6.45) is 4.70. The number of nitrogens with zero attached hydrogens (tertiary/aromatic N) is 3. The molecule has 0 aliphatic heterocycles. The zero-order valence-corrected chi connectivity index (χ0v) is 19.0. The molecule has 4 rings (SSSR count). The fraction of sp³-hybridized carbons (Fsp3) is 0.550. The van der Waals surface area contributed by atoms with Gasteiger partial charge in [0, 0.05) is 24.0 Å². The Labute approximate surface area is 182 Å². The summed E-state index contributed by atoms with van der Waals surface area (Å²) in [6, 6.07) is 0. The van der Waals surface area contributed by atoms with Gasteiger partial charge in [0.05, 0.1) is 16.7 Å². The molecule has 0 saturated carbocycles. The van der Waals surface area contributed by atoms with E-state index >= 15 is 0 Å². The molecule has 3 aromatic heterocycles. The van der Waals surface area contributed by atoms with E-state index in [2.05, 4.69) is 25.4 Å². The Morgan fingerprint density at radius 2 is 2.10 bits per heavy atom. The number of amides is 1. The van der Waals surface area contributed by atoms with Crippen molar-refractivity contribution in [2.24, 2.45) is 0 Å². The number of H-pyrrole nitrogens is 1. The van der Waals surface area contributed by atoms with Gasteiger partial charge < -0.3 is 14.8 Å². The Balaban J connectivity index is 1.32. The molecule has 8 nitrogen and oxygen atoms in total. The van der Waals surface area contributed by atoms with Crippen LogP contribution in [-0.2, 0) is 28.9 Å². The molecule has 1 amide bonds. The molecule has 3 heterocycles. The van der Waals surface area contributed by atoms with Gasteiger partial charge in [0.25, 0.3) is 5.56 Å². The highest BCUT2D eigenvalue weighted by Gasteiger charge is 2.28. The van der Waals surface area contributed by atoms with Crippen LogP contribution in [0.2, 0.25) is 0 Å². The molecular formula is C20H25N5O3S2. The second-order valence-corrected chi connectivity index (χ2v) is 10.2. The molecule has 3 aromatic rings. The number of aryl methyl sites for hydroxylation is 3. The normalized spacial score (nSPS) is 14.1. The van der Waals surface area contributed by atoms with Gasteiger partial charge in [-0.15, -0.1) is 11.3 Å². The third-order valence-electron chi connectivity index (χ3n) is 5.12. The SMILES string of the molecule is Cc1nc(C(C)(C)NC(=O)CCSCc2nc3sc4c(c3c(=O)[nH]2)CCCC4)no1. The van der Waals surface area contributed by atoms with Crippen molar-refractivity contribution in [2.75, 3.05) is 5.75 Å². The van der Waals surface area contributed by atoms with Crippen LogP contribution in [0.15, 0.2) is 9.32 Å². The van der Waals surface area contributed by atoms with E-state index in [4.69, 9.17) is 4.52 Å². The fourth-order valence-electron chi connectivity index (χ4n) is 3.63. The first-order valence-electron chi connectivity index (χ1n) is 10.1. The summed E-state index contributed by atoms with van der Waals surface area (Å²) in [6.45, 7) is 5.39. The first-order valence-corrected chi connectivity index (χ1v) is 12.0. The Kier molecular flexibility index (Phi) is 5.97. The van der Waals surface area contributed by atoms with Crippen molar-refractivity contribution < 1.29 is 9.32 Å². The summed E-state index contributed by atoms with van der Waals surface area (Å²) >= 11 is 3.23. The molecule has 0 unspecified atom stereocenters. The molecule has 0 atom stereocenters. The van der Waals surface area contributed by atoms with Crippen LogP contribution in [0.3, 0.4) is 0 Å². The van der Waals surface area contributed by atoms with E-state index in [-0.39, 0.29) is 11.5 Å². The van der Waals surface area contributed by atoms with E-state index in [1.807, 2.05) is 13.8 Å². The quantitative estimate of drug-likeness (QED) is 0.535. The lowest BCUT2D eigenvalue weighted by molar-refractivity contribution is -0.122. The molecule has 0 fully saturated rings. The predicted octanol–water partition coefficient (Wildman–Crippen LogP) is 3.23. The molecule has 0 aromatic carbocycles. The van der Waals surface area contributed by atoms with Gasteiger partial charge in [-0.2, -0.15) is 16.7 Å². The minimum atomic E-state index is -0.699. The second kappa shape index (κ2) is 8.50. The van der Waals surface area contributed by atoms with Gasteiger partial charge >= 0.3 is 0 Å². The Bertz CT molecular complexity index is 1130. The first-order chi connectivity index (χ1) is 14.3. The first kappa shape index (κ1) is 21.0. The molecule has 1 aliphatic rings. The van der Waals surface area contributed by atoms with Crippen LogP contribution in [0.5, 0.6) is 0 Å². The van der Waals surface area contributed by atoms with Crippen molar-refractivity contribution in [3.05, 3.63) is 38.3 Å². The number of thioether (sulfide) groups is 1. The predicted molar refractivity (Wildman–Crippen MR) is 118 cm³/mol. The van der Waals surface area contributed by atoms with E-state index in [0.29, 0.717) is 35.5 Å². The van der Waals surface area contributed by atoms with Crippen molar-refractivity contribution >= 4 is 39.2 Å². The Morgan fingerprint density at radius 3 is 2.87 bits per heavy atom. The van der Waals surface area contributed by atoms with Crippen molar-refractivity contribution in [2.45, 2.75) is 64.2 Å². The smallest absolute Gasteiger partial charge is 0.259 e. The Hall–Kier alpha value is -2.20. The minimum absolute atomic E-state index is 0.0371. The lowest BCUT2D eigenvalue weighted by atomic mass is 9.97. The van der Waals surface area contributed by atoms with E-state index in [1.165, 1.54) is 16.9 Å². The summed E-state index contributed by atoms with van der Waals surface area (Å²) in [5, 5.41) is 7.60. The van der Waals surface area contributed by atoms with Gasteiger partial charge in [-0.25, -0.2) is 4.98 Å². The average Bonchev–Trinajstić information content (AvgIpc) is 3.29. The van der Waals surface area contributed by atoms with Crippen molar-refractivity contribution in [1.29, 1.82) is 0 Å². The maximum atomic E-state index is 12.6. The maximum Gasteiger partial charge on any atom is 0.259 e. The summed E-state index contributed by atoms with van der Waals surface area (Å²) in [5.74, 6) is 2.68. The number of hydrogen-bond donors (Lipinski definition) is 2. The molecule has 0 bridgehead atoms. The van der Waals surface area contributed by atoms with Gasteiger partial charge in [-0.1, -0.05) is 5.16 Å². The number of thiophene rings is 1. The van der Waals surface area contributed by atoms with Crippen LogP contribution in [0.25, 0.3) is 10.2 Å².